The van der Waals surface area contributed by atoms with E-state index < -0.39 is 22.0 Å². The molecule has 0 radical (unpaired) electrons. The number of carbonyl (C=O) groups excluding carboxylic acids is 1. The molecule has 0 aliphatic carbocycles. The maximum absolute atomic E-state index is 12.8. The van der Waals surface area contributed by atoms with Gasteiger partial charge in [-0.15, -0.1) is 0 Å². The monoisotopic (exact) mass is 390 g/mol. The van der Waals surface area contributed by atoms with E-state index >= 15 is 0 Å². The maximum Gasteiger partial charge on any atom is 0.248 e. The highest BCUT2D eigenvalue weighted by Gasteiger charge is 2.31. The van der Waals surface area contributed by atoms with E-state index in [2.05, 4.69) is 5.32 Å². The Morgan fingerprint density at radius 3 is 2.22 bits per heavy atom. The smallest absolute Gasteiger partial charge is 0.248 e. The summed E-state index contributed by atoms with van der Waals surface area (Å²) in [6.07, 6.45) is 1.08. The van der Waals surface area contributed by atoms with Crippen molar-refractivity contribution in [2.45, 2.75) is 33.7 Å². The molecule has 2 aromatic carbocycles. The fourth-order valence-corrected chi connectivity index (χ4v) is 4.11. The molecule has 0 heterocycles. The largest absolute Gasteiger partial charge is 0.495 e. The number of benzene rings is 2. The molecule has 1 N–H and O–H groups in total. The van der Waals surface area contributed by atoms with Crippen LogP contribution in [0.5, 0.6) is 5.75 Å². The van der Waals surface area contributed by atoms with Crippen LogP contribution in [-0.4, -0.2) is 33.7 Å². The highest BCUT2D eigenvalue weighted by atomic mass is 32.2. The maximum atomic E-state index is 12.8. The molecule has 0 aliphatic heterocycles. The van der Waals surface area contributed by atoms with Crippen LogP contribution in [0.2, 0.25) is 0 Å². The van der Waals surface area contributed by atoms with Gasteiger partial charge in [0.05, 0.1) is 19.1 Å². The third-order valence-corrected chi connectivity index (χ3v) is 5.53. The van der Waals surface area contributed by atoms with Crippen LogP contribution < -0.4 is 14.4 Å². The first-order valence-corrected chi connectivity index (χ1v) is 10.4. The molecule has 0 spiro atoms. The van der Waals surface area contributed by atoms with Crippen LogP contribution in [0.15, 0.2) is 36.4 Å². The summed E-state index contributed by atoms with van der Waals surface area (Å²) in [6.45, 7) is 7.27. The van der Waals surface area contributed by atoms with Crippen LogP contribution in [-0.2, 0) is 14.8 Å². The summed E-state index contributed by atoms with van der Waals surface area (Å²) in [5, 5.41) is 2.83. The van der Waals surface area contributed by atoms with Crippen LogP contribution in [0.3, 0.4) is 0 Å². The standard InChI is InChI=1S/C20H26N2O4S/c1-13-7-9-17(15(3)11-13)21-20(23)16(4)22(27(6,24)25)18-12-14(2)8-10-19(18)26-5/h7-12,16H,1-6H3,(H,21,23). The number of ether oxygens (including phenoxy) is 1. The summed E-state index contributed by atoms with van der Waals surface area (Å²) in [5.41, 5.74) is 3.85. The van der Waals surface area contributed by atoms with Crippen molar-refractivity contribution in [3.8, 4) is 5.75 Å². The van der Waals surface area contributed by atoms with Crippen LogP contribution in [0, 0.1) is 20.8 Å². The molecule has 0 aromatic heterocycles. The number of nitrogens with zero attached hydrogens (tertiary/aromatic N) is 1. The number of amides is 1. The first-order valence-electron chi connectivity index (χ1n) is 8.56. The van der Waals surface area contributed by atoms with Crippen LogP contribution in [0.25, 0.3) is 0 Å². The Balaban J connectivity index is 2.42. The van der Waals surface area contributed by atoms with Crippen LogP contribution >= 0.6 is 0 Å². The van der Waals surface area contributed by atoms with Gasteiger partial charge in [-0.3, -0.25) is 9.10 Å². The molecule has 0 saturated carbocycles. The summed E-state index contributed by atoms with van der Waals surface area (Å²) >= 11 is 0. The third kappa shape index (κ3) is 4.80. The summed E-state index contributed by atoms with van der Waals surface area (Å²) in [5.74, 6) is -0.0341. The number of methoxy groups -OCH3 is 1. The Morgan fingerprint density at radius 1 is 1.07 bits per heavy atom. The van der Waals surface area contributed by atoms with Crippen molar-refractivity contribution in [1.82, 2.24) is 0 Å². The molecule has 0 saturated heterocycles. The molecule has 27 heavy (non-hydrogen) atoms. The van der Waals surface area contributed by atoms with E-state index in [0.717, 1.165) is 27.3 Å². The molecule has 2 rings (SSSR count). The van der Waals surface area contributed by atoms with E-state index in [1.54, 1.807) is 19.1 Å². The zero-order valence-corrected chi connectivity index (χ0v) is 17.3. The van der Waals surface area contributed by atoms with Gasteiger partial charge in [0, 0.05) is 5.69 Å². The molecule has 1 amide bonds. The Bertz CT molecular complexity index is 954. The lowest BCUT2D eigenvalue weighted by Gasteiger charge is -2.29. The summed E-state index contributed by atoms with van der Waals surface area (Å²) in [6, 6.07) is 9.91. The topological polar surface area (TPSA) is 75.7 Å². The van der Waals surface area contributed by atoms with Crippen molar-refractivity contribution in [3.05, 3.63) is 53.1 Å². The van der Waals surface area contributed by atoms with E-state index in [-0.39, 0.29) is 0 Å². The molecule has 146 valence electrons. The quantitative estimate of drug-likeness (QED) is 0.820. The van der Waals surface area contributed by atoms with E-state index in [1.165, 1.54) is 7.11 Å². The second kappa shape index (κ2) is 8.00. The molecular weight excluding hydrogens is 364 g/mol. The van der Waals surface area contributed by atoms with Crippen molar-refractivity contribution < 1.29 is 17.9 Å². The third-order valence-electron chi connectivity index (χ3n) is 4.30. The fraction of sp³-hybridized carbons (Fsp3) is 0.350. The summed E-state index contributed by atoms with van der Waals surface area (Å²) in [7, 11) is -2.26. The zero-order chi connectivity index (χ0) is 20.4. The molecule has 6 nitrogen and oxygen atoms in total. The summed E-state index contributed by atoms with van der Waals surface area (Å²) < 4.78 is 31.4. The Hall–Kier alpha value is -2.54. The molecule has 0 aliphatic rings. The predicted octanol–water partition coefficient (Wildman–Crippen LogP) is 3.41. The second-order valence-electron chi connectivity index (χ2n) is 6.72. The van der Waals surface area contributed by atoms with Gasteiger partial charge in [0.25, 0.3) is 0 Å². The first kappa shape index (κ1) is 20.8. The Labute approximate surface area is 161 Å². The highest BCUT2D eigenvalue weighted by molar-refractivity contribution is 7.92. The number of rotatable bonds is 6. The van der Waals surface area contributed by atoms with E-state index in [4.69, 9.17) is 4.74 Å². The van der Waals surface area contributed by atoms with Gasteiger partial charge in [0.2, 0.25) is 15.9 Å². The van der Waals surface area contributed by atoms with Crippen molar-refractivity contribution in [2.75, 3.05) is 23.0 Å². The Kier molecular flexibility index (Phi) is 6.15. The van der Waals surface area contributed by atoms with Gasteiger partial charge < -0.3 is 10.1 Å². The number of anilines is 2. The SMILES string of the molecule is COc1ccc(C)cc1N(C(C)C(=O)Nc1ccc(C)cc1C)S(C)(=O)=O. The normalized spacial score (nSPS) is 12.4. The van der Waals surface area contributed by atoms with E-state index in [9.17, 15) is 13.2 Å². The minimum Gasteiger partial charge on any atom is -0.495 e. The number of nitrogens with one attached hydrogen (secondary N) is 1. The molecule has 1 unspecified atom stereocenters. The molecular formula is C20H26N2O4S. The lowest BCUT2D eigenvalue weighted by atomic mass is 10.1. The molecule has 1 atom stereocenters. The zero-order valence-electron chi connectivity index (χ0n) is 16.5. The predicted molar refractivity (Wildman–Crippen MR) is 109 cm³/mol. The van der Waals surface area contributed by atoms with Crippen molar-refractivity contribution in [3.63, 3.8) is 0 Å². The molecule has 2 aromatic rings. The van der Waals surface area contributed by atoms with Gasteiger partial charge in [0.15, 0.2) is 0 Å². The van der Waals surface area contributed by atoms with Gasteiger partial charge in [-0.05, 0) is 57.0 Å². The number of hydrogen-bond acceptors (Lipinski definition) is 4. The van der Waals surface area contributed by atoms with Crippen molar-refractivity contribution >= 4 is 27.3 Å². The minimum atomic E-state index is -3.73. The number of sulfonamides is 1. The highest BCUT2D eigenvalue weighted by Crippen LogP contribution is 2.33. The van der Waals surface area contributed by atoms with Gasteiger partial charge in [-0.2, -0.15) is 0 Å². The van der Waals surface area contributed by atoms with Gasteiger partial charge in [-0.1, -0.05) is 23.8 Å². The second-order valence-corrected chi connectivity index (χ2v) is 8.58. The van der Waals surface area contributed by atoms with E-state index in [0.29, 0.717) is 17.1 Å². The van der Waals surface area contributed by atoms with E-state index in [1.807, 2.05) is 45.0 Å². The average molecular weight is 391 g/mol. The van der Waals surface area contributed by atoms with Gasteiger partial charge >= 0.3 is 0 Å². The lowest BCUT2D eigenvalue weighted by Crippen LogP contribution is -2.45. The first-order chi connectivity index (χ1) is 12.5. The fourth-order valence-electron chi connectivity index (χ4n) is 2.94. The minimum absolute atomic E-state index is 0.336. The number of hydrogen-bond donors (Lipinski definition) is 1. The molecule has 0 fully saturated rings. The number of carbonyl (C=O) groups is 1. The summed E-state index contributed by atoms with van der Waals surface area (Å²) in [4.78, 5) is 12.8. The van der Waals surface area contributed by atoms with Crippen molar-refractivity contribution in [2.24, 2.45) is 0 Å². The van der Waals surface area contributed by atoms with Gasteiger partial charge in [0.1, 0.15) is 11.8 Å². The molecule has 0 bridgehead atoms. The molecule has 7 heteroatoms. The average Bonchev–Trinajstić information content (AvgIpc) is 2.56. The number of aryl methyl sites for hydroxylation is 3. The Morgan fingerprint density at radius 2 is 1.67 bits per heavy atom. The lowest BCUT2D eigenvalue weighted by molar-refractivity contribution is -0.116. The van der Waals surface area contributed by atoms with Crippen LogP contribution in [0.4, 0.5) is 11.4 Å². The van der Waals surface area contributed by atoms with Crippen molar-refractivity contribution in [1.29, 1.82) is 0 Å². The van der Waals surface area contributed by atoms with Crippen LogP contribution in [0.1, 0.15) is 23.6 Å². The van der Waals surface area contributed by atoms with Gasteiger partial charge in [-0.25, -0.2) is 8.42 Å².